The number of terminal acetylenes is 1. The molecule has 0 saturated carbocycles. The highest BCUT2D eigenvalue weighted by Gasteiger charge is 2.31. The van der Waals surface area contributed by atoms with E-state index < -0.39 is 12.5 Å². The van der Waals surface area contributed by atoms with Crippen LogP contribution in [-0.2, 0) is 0 Å². The van der Waals surface area contributed by atoms with Gasteiger partial charge in [-0.15, -0.1) is 25.5 Å². The highest BCUT2D eigenvalue weighted by Crippen LogP contribution is 2.26. The summed E-state index contributed by atoms with van der Waals surface area (Å²) >= 11 is 0. The Morgan fingerprint density at radius 2 is 2.12 bits per heavy atom. The first-order chi connectivity index (χ1) is 7.42. The third-order valence-electron chi connectivity index (χ3n) is 1.79. The van der Waals surface area contributed by atoms with Gasteiger partial charge in [-0.05, 0) is 17.7 Å². The summed E-state index contributed by atoms with van der Waals surface area (Å²) in [4.78, 5) is 0. The van der Waals surface area contributed by atoms with Gasteiger partial charge in [-0.1, -0.05) is 12.1 Å². The molecule has 0 aliphatic rings. The van der Waals surface area contributed by atoms with Crippen molar-refractivity contribution in [1.29, 1.82) is 0 Å². The Hall–Kier alpha value is -1.67. The van der Waals surface area contributed by atoms with Crippen LogP contribution in [0.15, 0.2) is 24.3 Å². The fourth-order valence-electron chi connectivity index (χ4n) is 1.15. The summed E-state index contributed by atoms with van der Waals surface area (Å²) in [5, 5.41) is 9.46. The zero-order valence-corrected chi connectivity index (χ0v) is 8.16. The molecular weight excluding hydrogens is 221 g/mol. The van der Waals surface area contributed by atoms with Crippen LogP contribution >= 0.6 is 0 Å². The SMILES string of the molecule is C#CCC(O)c1cccc(OC(F)(F)F)c1. The second kappa shape index (κ2) is 4.90. The molecule has 0 aliphatic heterocycles. The maximum Gasteiger partial charge on any atom is 0.573 e. The molecule has 1 rings (SSSR count). The van der Waals surface area contributed by atoms with Crippen LogP contribution in [0.3, 0.4) is 0 Å². The van der Waals surface area contributed by atoms with E-state index >= 15 is 0 Å². The molecule has 0 radical (unpaired) electrons. The molecule has 1 N–H and O–H groups in total. The third-order valence-corrected chi connectivity index (χ3v) is 1.79. The van der Waals surface area contributed by atoms with Gasteiger partial charge in [0.25, 0.3) is 0 Å². The zero-order valence-electron chi connectivity index (χ0n) is 8.16. The van der Waals surface area contributed by atoms with Gasteiger partial charge in [0.1, 0.15) is 5.75 Å². The topological polar surface area (TPSA) is 29.5 Å². The largest absolute Gasteiger partial charge is 0.573 e. The molecule has 1 aromatic carbocycles. The molecule has 1 atom stereocenters. The van der Waals surface area contributed by atoms with Crippen LogP contribution in [0, 0.1) is 12.3 Å². The average Bonchev–Trinajstić information content (AvgIpc) is 2.16. The van der Waals surface area contributed by atoms with E-state index in [4.69, 9.17) is 6.42 Å². The van der Waals surface area contributed by atoms with Crippen LogP contribution in [0.2, 0.25) is 0 Å². The first-order valence-corrected chi connectivity index (χ1v) is 4.39. The minimum absolute atomic E-state index is 0.0372. The quantitative estimate of drug-likeness (QED) is 0.809. The van der Waals surface area contributed by atoms with E-state index in [0.717, 1.165) is 12.1 Å². The molecule has 5 heteroatoms. The van der Waals surface area contributed by atoms with Crippen molar-refractivity contribution in [2.75, 3.05) is 0 Å². The number of ether oxygens (including phenoxy) is 1. The van der Waals surface area contributed by atoms with Crippen molar-refractivity contribution in [3.05, 3.63) is 29.8 Å². The molecular formula is C11H9F3O2. The number of aliphatic hydroxyl groups excluding tert-OH is 1. The van der Waals surface area contributed by atoms with E-state index in [-0.39, 0.29) is 12.2 Å². The van der Waals surface area contributed by atoms with Crippen LogP contribution in [0.5, 0.6) is 5.75 Å². The molecule has 1 aromatic rings. The van der Waals surface area contributed by atoms with Crippen molar-refractivity contribution >= 4 is 0 Å². The van der Waals surface area contributed by atoms with Gasteiger partial charge in [0, 0.05) is 6.42 Å². The van der Waals surface area contributed by atoms with E-state index in [0.29, 0.717) is 5.56 Å². The Balaban J connectivity index is 2.83. The number of benzene rings is 1. The summed E-state index contributed by atoms with van der Waals surface area (Å²) in [7, 11) is 0. The Morgan fingerprint density at radius 1 is 1.44 bits per heavy atom. The summed E-state index contributed by atoms with van der Waals surface area (Å²) < 4.78 is 39.4. The molecule has 0 amide bonds. The number of halogens is 3. The molecule has 16 heavy (non-hydrogen) atoms. The maximum atomic E-state index is 11.9. The second-order valence-corrected chi connectivity index (χ2v) is 3.04. The van der Waals surface area contributed by atoms with Crippen LogP contribution in [0.4, 0.5) is 13.2 Å². The molecule has 0 heterocycles. The number of alkyl halides is 3. The molecule has 0 saturated heterocycles. The Labute approximate surface area is 90.7 Å². The van der Waals surface area contributed by atoms with Gasteiger partial charge < -0.3 is 9.84 Å². The number of rotatable bonds is 3. The van der Waals surface area contributed by atoms with Gasteiger partial charge in [-0.3, -0.25) is 0 Å². The fourth-order valence-corrected chi connectivity index (χ4v) is 1.15. The third kappa shape index (κ3) is 3.83. The smallest absolute Gasteiger partial charge is 0.406 e. The Bertz CT molecular complexity index is 393. The highest BCUT2D eigenvalue weighted by atomic mass is 19.4. The summed E-state index contributed by atoms with van der Waals surface area (Å²) in [6.45, 7) is 0. The van der Waals surface area contributed by atoms with Crippen LogP contribution < -0.4 is 4.74 Å². The van der Waals surface area contributed by atoms with E-state index in [9.17, 15) is 18.3 Å². The Kier molecular flexibility index (Phi) is 3.80. The van der Waals surface area contributed by atoms with Crippen molar-refractivity contribution in [1.82, 2.24) is 0 Å². The van der Waals surface area contributed by atoms with Gasteiger partial charge in [0.2, 0.25) is 0 Å². The van der Waals surface area contributed by atoms with E-state index in [2.05, 4.69) is 10.7 Å². The lowest BCUT2D eigenvalue weighted by Gasteiger charge is -2.12. The van der Waals surface area contributed by atoms with Gasteiger partial charge in [0.05, 0.1) is 6.10 Å². The number of hydrogen-bond donors (Lipinski definition) is 1. The molecule has 0 bridgehead atoms. The second-order valence-electron chi connectivity index (χ2n) is 3.04. The fraction of sp³-hybridized carbons (Fsp3) is 0.273. The highest BCUT2D eigenvalue weighted by molar-refractivity contribution is 5.30. The van der Waals surface area contributed by atoms with Gasteiger partial charge in [-0.2, -0.15) is 0 Å². The lowest BCUT2D eigenvalue weighted by molar-refractivity contribution is -0.274. The first kappa shape index (κ1) is 12.4. The first-order valence-electron chi connectivity index (χ1n) is 4.39. The van der Waals surface area contributed by atoms with Crippen molar-refractivity contribution in [3.8, 4) is 18.1 Å². The number of hydrogen-bond acceptors (Lipinski definition) is 2. The van der Waals surface area contributed by atoms with E-state index in [1.807, 2.05) is 0 Å². The molecule has 2 nitrogen and oxygen atoms in total. The standard InChI is InChI=1S/C11H9F3O2/c1-2-4-10(15)8-5-3-6-9(7-8)16-11(12,13)14/h1,3,5-7,10,15H,4H2. The van der Waals surface area contributed by atoms with Crippen LogP contribution in [0.1, 0.15) is 18.1 Å². The van der Waals surface area contributed by atoms with Crippen molar-refractivity contribution in [2.45, 2.75) is 18.9 Å². The summed E-state index contributed by atoms with van der Waals surface area (Å²) in [5.74, 6) is 1.85. The number of aliphatic hydroxyl groups is 1. The zero-order chi connectivity index (χ0) is 12.2. The van der Waals surface area contributed by atoms with E-state index in [1.165, 1.54) is 12.1 Å². The predicted molar refractivity (Wildman–Crippen MR) is 51.5 cm³/mol. The summed E-state index contributed by atoms with van der Waals surface area (Å²) in [6, 6.07) is 5.09. The molecule has 0 aliphatic carbocycles. The summed E-state index contributed by atoms with van der Waals surface area (Å²) in [6.07, 6.45) is -0.702. The lowest BCUT2D eigenvalue weighted by atomic mass is 10.1. The normalized spacial score (nSPS) is 12.9. The van der Waals surface area contributed by atoms with Gasteiger partial charge >= 0.3 is 6.36 Å². The summed E-state index contributed by atoms with van der Waals surface area (Å²) in [5.41, 5.74) is 0.291. The molecule has 0 fully saturated rings. The average molecular weight is 230 g/mol. The van der Waals surface area contributed by atoms with Crippen LogP contribution in [-0.4, -0.2) is 11.5 Å². The monoisotopic (exact) mass is 230 g/mol. The van der Waals surface area contributed by atoms with Gasteiger partial charge in [0.15, 0.2) is 0 Å². The molecule has 0 aromatic heterocycles. The van der Waals surface area contributed by atoms with Crippen LogP contribution in [0.25, 0.3) is 0 Å². The predicted octanol–water partition coefficient (Wildman–Crippen LogP) is 2.64. The molecule has 86 valence electrons. The maximum absolute atomic E-state index is 11.9. The Morgan fingerprint density at radius 3 is 2.69 bits per heavy atom. The minimum Gasteiger partial charge on any atom is -0.406 e. The van der Waals surface area contributed by atoms with Gasteiger partial charge in [-0.25, -0.2) is 0 Å². The molecule has 0 spiro atoms. The van der Waals surface area contributed by atoms with Crippen molar-refractivity contribution in [3.63, 3.8) is 0 Å². The lowest BCUT2D eigenvalue weighted by Crippen LogP contribution is -2.17. The minimum atomic E-state index is -4.74. The van der Waals surface area contributed by atoms with E-state index in [1.54, 1.807) is 0 Å². The van der Waals surface area contributed by atoms with Crippen molar-refractivity contribution < 1.29 is 23.0 Å². The van der Waals surface area contributed by atoms with Crippen molar-refractivity contribution in [2.24, 2.45) is 0 Å². The molecule has 1 unspecified atom stereocenters.